The lowest BCUT2D eigenvalue weighted by Crippen LogP contribution is -2.30. The Morgan fingerprint density at radius 2 is 1.80 bits per heavy atom. The van der Waals surface area contributed by atoms with E-state index < -0.39 is 11.7 Å². The van der Waals surface area contributed by atoms with Gasteiger partial charge in [-0.3, -0.25) is 9.59 Å². The Kier molecular flexibility index (Phi) is 4.53. The molecule has 2 aromatic carbocycles. The van der Waals surface area contributed by atoms with Gasteiger partial charge in [-0.1, -0.05) is 53.6 Å². The van der Waals surface area contributed by atoms with Crippen LogP contribution in [0.25, 0.3) is 0 Å². The van der Waals surface area contributed by atoms with Crippen molar-refractivity contribution >= 4 is 23.3 Å². The maximum atomic E-state index is 11.9. The van der Waals surface area contributed by atoms with Crippen LogP contribution in [0.2, 0.25) is 5.02 Å². The number of ketones is 1. The van der Waals surface area contributed by atoms with Gasteiger partial charge < -0.3 is 5.32 Å². The highest BCUT2D eigenvalue weighted by atomic mass is 35.5. The monoisotopic (exact) mass is 287 g/mol. The van der Waals surface area contributed by atoms with E-state index >= 15 is 0 Å². The second-order valence-corrected chi connectivity index (χ2v) is 4.94. The minimum Gasteiger partial charge on any atom is -0.345 e. The number of nitrogens with one attached hydrogen (secondary N) is 1. The van der Waals surface area contributed by atoms with Crippen LogP contribution in [-0.2, 0) is 11.3 Å². The second-order valence-electron chi connectivity index (χ2n) is 4.51. The van der Waals surface area contributed by atoms with E-state index in [1.165, 1.54) is 0 Å². The quantitative estimate of drug-likeness (QED) is 0.693. The fraction of sp³-hybridized carbons (Fsp3) is 0.125. The number of hydrogen-bond acceptors (Lipinski definition) is 2. The molecule has 0 saturated carbocycles. The SMILES string of the molecule is Cc1ccc(C(=O)C(=O)NCc2cccc(Cl)c2)cc1. The van der Waals surface area contributed by atoms with E-state index in [4.69, 9.17) is 11.6 Å². The predicted octanol–water partition coefficient (Wildman–Crippen LogP) is 3.15. The summed E-state index contributed by atoms with van der Waals surface area (Å²) >= 11 is 5.85. The van der Waals surface area contributed by atoms with Crippen molar-refractivity contribution in [1.29, 1.82) is 0 Å². The normalized spacial score (nSPS) is 10.1. The molecule has 3 nitrogen and oxygen atoms in total. The van der Waals surface area contributed by atoms with Gasteiger partial charge in [0.25, 0.3) is 5.91 Å². The molecule has 102 valence electrons. The molecule has 1 amide bonds. The van der Waals surface area contributed by atoms with Crippen molar-refractivity contribution in [3.8, 4) is 0 Å². The molecule has 2 aromatic rings. The van der Waals surface area contributed by atoms with E-state index in [1.54, 1.807) is 42.5 Å². The van der Waals surface area contributed by atoms with E-state index in [2.05, 4.69) is 5.32 Å². The molecule has 0 saturated heterocycles. The Morgan fingerprint density at radius 1 is 1.10 bits per heavy atom. The van der Waals surface area contributed by atoms with Crippen LogP contribution >= 0.6 is 11.6 Å². The summed E-state index contributed by atoms with van der Waals surface area (Å²) in [4.78, 5) is 23.7. The van der Waals surface area contributed by atoms with Gasteiger partial charge in [0.2, 0.25) is 5.78 Å². The first-order valence-electron chi connectivity index (χ1n) is 6.20. The lowest BCUT2D eigenvalue weighted by molar-refractivity contribution is -0.117. The van der Waals surface area contributed by atoms with Crippen LogP contribution < -0.4 is 5.32 Å². The van der Waals surface area contributed by atoms with Crippen LogP contribution in [0, 0.1) is 6.92 Å². The number of halogens is 1. The first-order chi connectivity index (χ1) is 9.56. The van der Waals surface area contributed by atoms with Crippen LogP contribution in [0.5, 0.6) is 0 Å². The summed E-state index contributed by atoms with van der Waals surface area (Å²) in [5.41, 5.74) is 2.28. The van der Waals surface area contributed by atoms with Crippen LogP contribution in [0.3, 0.4) is 0 Å². The molecule has 0 spiro atoms. The van der Waals surface area contributed by atoms with Crippen LogP contribution in [0.15, 0.2) is 48.5 Å². The Labute approximate surface area is 122 Å². The summed E-state index contributed by atoms with van der Waals surface area (Å²) in [7, 11) is 0. The first-order valence-corrected chi connectivity index (χ1v) is 6.58. The van der Waals surface area contributed by atoms with E-state index in [0.717, 1.165) is 11.1 Å². The molecule has 0 fully saturated rings. The average Bonchev–Trinajstić information content (AvgIpc) is 2.45. The standard InChI is InChI=1S/C16H14ClNO2/c1-11-5-7-13(8-6-11)15(19)16(20)18-10-12-3-2-4-14(17)9-12/h2-9H,10H2,1H3,(H,18,20). The Hall–Kier alpha value is -2.13. The maximum Gasteiger partial charge on any atom is 0.292 e. The molecule has 0 aliphatic heterocycles. The zero-order valence-corrected chi connectivity index (χ0v) is 11.8. The van der Waals surface area contributed by atoms with Gasteiger partial charge in [0.05, 0.1) is 0 Å². The summed E-state index contributed by atoms with van der Waals surface area (Å²) in [6.45, 7) is 2.20. The fourth-order valence-corrected chi connectivity index (χ4v) is 1.96. The summed E-state index contributed by atoms with van der Waals surface area (Å²) in [5, 5.41) is 3.19. The van der Waals surface area contributed by atoms with Crippen molar-refractivity contribution in [2.75, 3.05) is 0 Å². The van der Waals surface area contributed by atoms with Gasteiger partial charge in [0, 0.05) is 17.1 Å². The van der Waals surface area contributed by atoms with E-state index in [0.29, 0.717) is 10.6 Å². The molecule has 0 aliphatic carbocycles. The maximum absolute atomic E-state index is 11.9. The van der Waals surface area contributed by atoms with Gasteiger partial charge in [-0.15, -0.1) is 0 Å². The Morgan fingerprint density at radius 3 is 2.45 bits per heavy atom. The molecule has 2 rings (SSSR count). The highest BCUT2D eigenvalue weighted by Gasteiger charge is 2.15. The average molecular weight is 288 g/mol. The molecule has 1 N–H and O–H groups in total. The molecule has 0 radical (unpaired) electrons. The molecule has 0 atom stereocenters. The van der Waals surface area contributed by atoms with E-state index in [9.17, 15) is 9.59 Å². The van der Waals surface area contributed by atoms with Gasteiger partial charge in [0.15, 0.2) is 0 Å². The van der Waals surface area contributed by atoms with Gasteiger partial charge in [0.1, 0.15) is 0 Å². The smallest absolute Gasteiger partial charge is 0.292 e. The summed E-state index contributed by atoms with van der Waals surface area (Å²) in [6, 6.07) is 14.0. The third-order valence-electron chi connectivity index (χ3n) is 2.86. The van der Waals surface area contributed by atoms with E-state index in [-0.39, 0.29) is 6.54 Å². The highest BCUT2D eigenvalue weighted by molar-refractivity contribution is 6.42. The number of benzene rings is 2. The number of rotatable bonds is 4. The van der Waals surface area contributed by atoms with Crippen molar-refractivity contribution in [2.24, 2.45) is 0 Å². The molecule has 0 aliphatic rings. The van der Waals surface area contributed by atoms with Crippen molar-refractivity contribution in [3.05, 3.63) is 70.2 Å². The molecule has 0 aromatic heterocycles. The largest absolute Gasteiger partial charge is 0.345 e. The summed E-state index contributed by atoms with van der Waals surface area (Å²) in [5.74, 6) is -1.15. The zero-order chi connectivity index (χ0) is 14.5. The second kappa shape index (κ2) is 6.35. The van der Waals surface area contributed by atoms with E-state index in [1.807, 2.05) is 13.0 Å². The lowest BCUT2D eigenvalue weighted by Gasteiger charge is -2.05. The molecular formula is C16H14ClNO2. The van der Waals surface area contributed by atoms with Crippen molar-refractivity contribution in [1.82, 2.24) is 5.32 Å². The molecule has 4 heteroatoms. The van der Waals surface area contributed by atoms with Crippen LogP contribution in [0.1, 0.15) is 21.5 Å². The molecule has 20 heavy (non-hydrogen) atoms. The third-order valence-corrected chi connectivity index (χ3v) is 3.10. The zero-order valence-electron chi connectivity index (χ0n) is 11.0. The number of carbonyl (C=O) groups excluding carboxylic acids is 2. The molecule has 0 heterocycles. The molecular weight excluding hydrogens is 274 g/mol. The Bertz CT molecular complexity index is 635. The summed E-state index contributed by atoms with van der Waals surface area (Å²) < 4.78 is 0. The number of amides is 1. The number of carbonyl (C=O) groups is 2. The van der Waals surface area contributed by atoms with Gasteiger partial charge in [-0.2, -0.15) is 0 Å². The molecule has 0 unspecified atom stereocenters. The molecule has 0 bridgehead atoms. The lowest BCUT2D eigenvalue weighted by atomic mass is 10.1. The van der Waals surface area contributed by atoms with Gasteiger partial charge >= 0.3 is 0 Å². The van der Waals surface area contributed by atoms with Gasteiger partial charge in [-0.05, 0) is 24.6 Å². The van der Waals surface area contributed by atoms with Crippen molar-refractivity contribution in [2.45, 2.75) is 13.5 Å². The number of Topliss-reactive ketones (excluding diaryl/α,β-unsaturated/α-hetero) is 1. The predicted molar refractivity (Wildman–Crippen MR) is 78.8 cm³/mol. The summed E-state index contributed by atoms with van der Waals surface area (Å²) in [6.07, 6.45) is 0. The highest BCUT2D eigenvalue weighted by Crippen LogP contribution is 2.10. The first kappa shape index (κ1) is 14.3. The Balaban J connectivity index is 1.98. The minimum absolute atomic E-state index is 0.275. The fourth-order valence-electron chi connectivity index (χ4n) is 1.75. The van der Waals surface area contributed by atoms with Crippen LogP contribution in [0.4, 0.5) is 0 Å². The van der Waals surface area contributed by atoms with Crippen LogP contribution in [-0.4, -0.2) is 11.7 Å². The van der Waals surface area contributed by atoms with Gasteiger partial charge in [-0.25, -0.2) is 0 Å². The minimum atomic E-state index is -0.617. The number of aryl methyl sites for hydroxylation is 1. The topological polar surface area (TPSA) is 46.2 Å². The van der Waals surface area contributed by atoms with Crippen molar-refractivity contribution < 1.29 is 9.59 Å². The third kappa shape index (κ3) is 3.68. The van der Waals surface area contributed by atoms with Crippen molar-refractivity contribution in [3.63, 3.8) is 0 Å². The number of hydrogen-bond donors (Lipinski definition) is 1.